The standard InChI is InChI=1S/C12H21NO2S/c1-16-12(6-2-3-7-12)8-13-10(11(14)15)9-4-5-9/h9-10,13H,2-8H2,1H3,(H,14,15). The molecule has 0 aromatic carbocycles. The van der Waals surface area contributed by atoms with Crippen LogP contribution < -0.4 is 5.32 Å². The minimum absolute atomic E-state index is 0.301. The minimum atomic E-state index is -0.670. The van der Waals surface area contributed by atoms with Crippen molar-refractivity contribution in [3.63, 3.8) is 0 Å². The lowest BCUT2D eigenvalue weighted by Gasteiger charge is -2.29. The first kappa shape index (κ1) is 12.2. The highest BCUT2D eigenvalue weighted by Gasteiger charge is 2.39. The summed E-state index contributed by atoms with van der Waals surface area (Å²) in [5.41, 5.74) is 0. The van der Waals surface area contributed by atoms with Gasteiger partial charge in [-0.1, -0.05) is 12.8 Å². The molecule has 0 heterocycles. The van der Waals surface area contributed by atoms with Crippen LogP contribution in [0.5, 0.6) is 0 Å². The van der Waals surface area contributed by atoms with E-state index >= 15 is 0 Å². The minimum Gasteiger partial charge on any atom is -0.480 e. The molecular weight excluding hydrogens is 222 g/mol. The Bertz CT molecular complexity index is 260. The van der Waals surface area contributed by atoms with Gasteiger partial charge in [-0.05, 0) is 37.9 Å². The third-order valence-electron chi connectivity index (χ3n) is 3.95. The third kappa shape index (κ3) is 2.72. The third-order valence-corrected chi connectivity index (χ3v) is 5.37. The SMILES string of the molecule is CSC1(CNC(C(=O)O)C2CC2)CCCC1. The average molecular weight is 243 g/mol. The highest BCUT2D eigenvalue weighted by molar-refractivity contribution is 8.00. The van der Waals surface area contributed by atoms with E-state index in [1.165, 1.54) is 25.7 Å². The Morgan fingerprint density at radius 1 is 1.50 bits per heavy atom. The molecule has 2 N–H and O–H groups in total. The lowest BCUT2D eigenvalue weighted by molar-refractivity contribution is -0.140. The van der Waals surface area contributed by atoms with Gasteiger partial charge in [0, 0.05) is 11.3 Å². The Morgan fingerprint density at radius 3 is 2.56 bits per heavy atom. The number of hydrogen-bond donors (Lipinski definition) is 2. The van der Waals surface area contributed by atoms with Gasteiger partial charge in [-0.2, -0.15) is 11.8 Å². The van der Waals surface area contributed by atoms with Crippen LogP contribution in [0.25, 0.3) is 0 Å². The normalized spacial score (nSPS) is 25.6. The Labute approximate surface area is 101 Å². The summed E-state index contributed by atoms with van der Waals surface area (Å²) in [5.74, 6) is -0.283. The summed E-state index contributed by atoms with van der Waals surface area (Å²) in [7, 11) is 0. The molecule has 0 saturated heterocycles. The number of carbonyl (C=O) groups is 1. The van der Waals surface area contributed by atoms with Crippen molar-refractivity contribution in [3.05, 3.63) is 0 Å². The summed E-state index contributed by atoms with van der Waals surface area (Å²) in [6, 6.07) is -0.301. The molecule has 0 radical (unpaired) electrons. The van der Waals surface area contributed by atoms with Crippen molar-refractivity contribution in [2.75, 3.05) is 12.8 Å². The zero-order valence-electron chi connectivity index (χ0n) is 9.87. The molecule has 92 valence electrons. The van der Waals surface area contributed by atoms with Gasteiger partial charge in [-0.25, -0.2) is 0 Å². The molecule has 2 saturated carbocycles. The maximum Gasteiger partial charge on any atom is 0.320 e. The van der Waals surface area contributed by atoms with E-state index in [1.807, 2.05) is 11.8 Å². The summed E-state index contributed by atoms with van der Waals surface area (Å²) in [4.78, 5) is 11.1. The molecule has 0 spiro atoms. The van der Waals surface area contributed by atoms with E-state index < -0.39 is 5.97 Å². The van der Waals surface area contributed by atoms with Crippen LogP contribution in [0.2, 0.25) is 0 Å². The van der Waals surface area contributed by atoms with Crippen LogP contribution in [-0.2, 0) is 4.79 Å². The van der Waals surface area contributed by atoms with E-state index in [1.54, 1.807) is 0 Å². The van der Waals surface area contributed by atoms with Crippen LogP contribution in [0.4, 0.5) is 0 Å². The molecular formula is C12H21NO2S. The van der Waals surface area contributed by atoms with Crippen molar-refractivity contribution in [1.82, 2.24) is 5.32 Å². The summed E-state index contributed by atoms with van der Waals surface area (Å²) in [5, 5.41) is 12.4. The second kappa shape index (κ2) is 4.96. The number of rotatable bonds is 6. The first-order chi connectivity index (χ1) is 7.67. The van der Waals surface area contributed by atoms with Crippen molar-refractivity contribution in [3.8, 4) is 0 Å². The zero-order chi connectivity index (χ0) is 11.6. The van der Waals surface area contributed by atoms with Gasteiger partial charge in [0.15, 0.2) is 0 Å². The van der Waals surface area contributed by atoms with Gasteiger partial charge in [-0.15, -0.1) is 0 Å². The molecule has 2 aliphatic rings. The van der Waals surface area contributed by atoms with Crippen molar-refractivity contribution >= 4 is 17.7 Å². The molecule has 0 aromatic rings. The summed E-state index contributed by atoms with van der Waals surface area (Å²) in [6.07, 6.45) is 9.37. The Morgan fingerprint density at radius 2 is 2.12 bits per heavy atom. The molecule has 3 nitrogen and oxygen atoms in total. The highest BCUT2D eigenvalue weighted by Crippen LogP contribution is 2.40. The smallest absolute Gasteiger partial charge is 0.320 e. The van der Waals surface area contributed by atoms with Crippen LogP contribution >= 0.6 is 11.8 Å². The molecule has 2 aliphatic carbocycles. The van der Waals surface area contributed by atoms with E-state index in [-0.39, 0.29) is 6.04 Å². The molecule has 1 atom stereocenters. The van der Waals surface area contributed by atoms with Crippen LogP contribution in [-0.4, -0.2) is 34.7 Å². The molecule has 4 heteroatoms. The Kier molecular flexibility index (Phi) is 3.80. The monoisotopic (exact) mass is 243 g/mol. The van der Waals surface area contributed by atoms with Crippen molar-refractivity contribution in [2.45, 2.75) is 49.3 Å². The topological polar surface area (TPSA) is 49.3 Å². The Balaban J connectivity index is 1.86. The lowest BCUT2D eigenvalue weighted by Crippen LogP contribution is -2.45. The second-order valence-corrected chi connectivity index (χ2v) is 6.40. The fraction of sp³-hybridized carbons (Fsp3) is 0.917. The average Bonchev–Trinajstić information content (AvgIpc) is 2.97. The first-order valence-corrected chi connectivity index (χ1v) is 7.41. The quantitative estimate of drug-likeness (QED) is 0.750. The molecule has 0 aromatic heterocycles. The van der Waals surface area contributed by atoms with E-state index in [0.29, 0.717) is 10.7 Å². The summed E-state index contributed by atoms with van der Waals surface area (Å²) >= 11 is 1.91. The van der Waals surface area contributed by atoms with Gasteiger partial charge in [0.25, 0.3) is 0 Å². The molecule has 2 fully saturated rings. The van der Waals surface area contributed by atoms with Crippen molar-refractivity contribution < 1.29 is 9.90 Å². The number of carboxylic acid groups (broad SMARTS) is 1. The van der Waals surface area contributed by atoms with Crippen LogP contribution in [0.15, 0.2) is 0 Å². The Hall–Kier alpha value is -0.220. The van der Waals surface area contributed by atoms with Gasteiger partial charge in [0.05, 0.1) is 0 Å². The van der Waals surface area contributed by atoms with E-state index in [0.717, 1.165) is 19.4 Å². The van der Waals surface area contributed by atoms with E-state index in [4.69, 9.17) is 5.11 Å². The van der Waals surface area contributed by atoms with E-state index in [2.05, 4.69) is 11.6 Å². The number of nitrogens with one attached hydrogen (secondary N) is 1. The maximum atomic E-state index is 11.1. The fourth-order valence-corrected chi connectivity index (χ4v) is 3.58. The number of thioether (sulfide) groups is 1. The maximum absolute atomic E-state index is 11.1. The van der Waals surface area contributed by atoms with Crippen LogP contribution in [0, 0.1) is 5.92 Å². The molecule has 1 unspecified atom stereocenters. The number of hydrogen-bond acceptors (Lipinski definition) is 3. The molecule has 0 aliphatic heterocycles. The first-order valence-electron chi connectivity index (χ1n) is 6.18. The van der Waals surface area contributed by atoms with Gasteiger partial charge in [-0.3, -0.25) is 4.79 Å². The largest absolute Gasteiger partial charge is 0.480 e. The summed E-state index contributed by atoms with van der Waals surface area (Å²) in [6.45, 7) is 0.863. The number of aliphatic carboxylic acids is 1. The zero-order valence-corrected chi connectivity index (χ0v) is 10.7. The van der Waals surface area contributed by atoms with Crippen molar-refractivity contribution in [1.29, 1.82) is 0 Å². The van der Waals surface area contributed by atoms with Gasteiger partial charge in [0.2, 0.25) is 0 Å². The van der Waals surface area contributed by atoms with Crippen molar-refractivity contribution in [2.24, 2.45) is 5.92 Å². The molecule has 0 amide bonds. The highest BCUT2D eigenvalue weighted by atomic mass is 32.2. The van der Waals surface area contributed by atoms with Gasteiger partial charge < -0.3 is 10.4 Å². The van der Waals surface area contributed by atoms with Gasteiger partial charge >= 0.3 is 5.97 Å². The number of carboxylic acids is 1. The van der Waals surface area contributed by atoms with Gasteiger partial charge in [0.1, 0.15) is 6.04 Å². The van der Waals surface area contributed by atoms with E-state index in [9.17, 15) is 4.79 Å². The predicted octanol–water partition coefficient (Wildman–Crippen LogP) is 2.11. The molecule has 2 rings (SSSR count). The molecule has 0 bridgehead atoms. The van der Waals surface area contributed by atoms with Crippen LogP contribution in [0.3, 0.4) is 0 Å². The lowest BCUT2D eigenvalue weighted by atomic mass is 10.1. The van der Waals surface area contributed by atoms with Crippen LogP contribution in [0.1, 0.15) is 38.5 Å². The molecule has 16 heavy (non-hydrogen) atoms. The second-order valence-electron chi connectivity index (χ2n) is 5.13. The fourth-order valence-electron chi connectivity index (χ4n) is 2.65. The predicted molar refractivity (Wildman–Crippen MR) is 66.9 cm³/mol. The summed E-state index contributed by atoms with van der Waals surface area (Å²) < 4.78 is 0.308.